The third kappa shape index (κ3) is 6.28. The number of nitrogens with one attached hydrogen (secondary N) is 1. The van der Waals surface area contributed by atoms with Gasteiger partial charge < -0.3 is 19.5 Å². The Bertz CT molecular complexity index is 508. The van der Waals surface area contributed by atoms with Gasteiger partial charge in [0.2, 0.25) is 5.91 Å². The third-order valence-corrected chi connectivity index (χ3v) is 3.46. The van der Waals surface area contributed by atoms with E-state index in [1.807, 2.05) is 0 Å². The molecule has 0 aromatic heterocycles. The maximum atomic E-state index is 11.7. The third-order valence-electron chi connectivity index (χ3n) is 3.46. The van der Waals surface area contributed by atoms with Crippen LogP contribution in [-0.2, 0) is 19.1 Å². The van der Waals surface area contributed by atoms with Crippen LogP contribution in [0.15, 0.2) is 24.3 Å². The molecule has 0 saturated carbocycles. The van der Waals surface area contributed by atoms with E-state index in [0.717, 1.165) is 25.2 Å². The van der Waals surface area contributed by atoms with Crippen LogP contribution in [0, 0.1) is 0 Å². The first-order chi connectivity index (χ1) is 11.2. The normalized spacial score (nSPS) is 16.8. The molecule has 6 heteroatoms. The molecule has 1 saturated heterocycles. The van der Waals surface area contributed by atoms with E-state index < -0.39 is 0 Å². The summed E-state index contributed by atoms with van der Waals surface area (Å²) >= 11 is 0. The average Bonchev–Trinajstić information content (AvgIpc) is 3.06. The van der Waals surface area contributed by atoms with Crippen LogP contribution in [0.5, 0.6) is 5.75 Å². The highest BCUT2D eigenvalue weighted by molar-refractivity contribution is 5.92. The number of carbonyl (C=O) groups excluding carboxylic acids is 2. The van der Waals surface area contributed by atoms with Gasteiger partial charge in [0.1, 0.15) is 12.4 Å². The second-order valence-electron chi connectivity index (χ2n) is 5.32. The van der Waals surface area contributed by atoms with E-state index in [1.54, 1.807) is 31.2 Å². The number of hydrogen-bond donors (Lipinski definition) is 1. The molecule has 1 amide bonds. The fraction of sp³-hybridized carbons (Fsp3) is 0.529. The Labute approximate surface area is 136 Å². The van der Waals surface area contributed by atoms with Crippen LogP contribution in [0.1, 0.15) is 32.6 Å². The molecule has 0 aliphatic carbocycles. The van der Waals surface area contributed by atoms with Crippen molar-refractivity contribution in [2.75, 3.05) is 25.1 Å². The molecule has 2 rings (SSSR count). The molecule has 23 heavy (non-hydrogen) atoms. The van der Waals surface area contributed by atoms with Crippen molar-refractivity contribution in [1.82, 2.24) is 0 Å². The second-order valence-corrected chi connectivity index (χ2v) is 5.32. The highest BCUT2D eigenvalue weighted by Gasteiger charge is 2.15. The fourth-order valence-corrected chi connectivity index (χ4v) is 2.27. The quantitative estimate of drug-likeness (QED) is 0.745. The van der Waals surface area contributed by atoms with Crippen molar-refractivity contribution in [3.63, 3.8) is 0 Å². The number of rotatable bonds is 8. The first kappa shape index (κ1) is 17.3. The predicted molar refractivity (Wildman–Crippen MR) is 85.4 cm³/mol. The lowest BCUT2D eigenvalue weighted by molar-refractivity contribution is -0.144. The van der Waals surface area contributed by atoms with Gasteiger partial charge in [0, 0.05) is 18.7 Å². The molecule has 1 fully saturated rings. The Balaban J connectivity index is 1.71. The van der Waals surface area contributed by atoms with Gasteiger partial charge in [0.25, 0.3) is 0 Å². The van der Waals surface area contributed by atoms with Crippen LogP contribution in [-0.4, -0.2) is 37.8 Å². The Kier molecular flexibility index (Phi) is 6.87. The molecule has 0 spiro atoms. The summed E-state index contributed by atoms with van der Waals surface area (Å²) in [6, 6.07) is 7.14. The van der Waals surface area contributed by atoms with E-state index in [0.29, 0.717) is 18.9 Å². The van der Waals surface area contributed by atoms with Gasteiger partial charge in [-0.3, -0.25) is 9.59 Å². The minimum atomic E-state index is -0.361. The van der Waals surface area contributed by atoms with Gasteiger partial charge in [0.15, 0.2) is 0 Å². The standard InChI is InChI=1S/C17H23NO5/c1-2-21-17(20)10-9-16(19)18-13-5-7-14(8-6-13)23-12-15-4-3-11-22-15/h5-8,15H,2-4,9-12H2,1H3,(H,18,19)/t15-/m1/s1. The van der Waals surface area contributed by atoms with Gasteiger partial charge in [-0.2, -0.15) is 0 Å². The summed E-state index contributed by atoms with van der Waals surface area (Å²) in [5, 5.41) is 2.74. The summed E-state index contributed by atoms with van der Waals surface area (Å²) in [6.45, 7) is 3.42. The molecule has 1 aliphatic rings. The lowest BCUT2D eigenvalue weighted by Gasteiger charge is -2.12. The minimum absolute atomic E-state index is 0.0856. The predicted octanol–water partition coefficient (Wildman–Crippen LogP) is 2.53. The zero-order valence-corrected chi connectivity index (χ0v) is 13.4. The SMILES string of the molecule is CCOC(=O)CCC(=O)Nc1ccc(OC[C@H]2CCCO2)cc1. The Hall–Kier alpha value is -2.08. The fourth-order valence-electron chi connectivity index (χ4n) is 2.27. The van der Waals surface area contributed by atoms with Gasteiger partial charge in [-0.25, -0.2) is 0 Å². The molecule has 0 bridgehead atoms. The summed E-state index contributed by atoms with van der Waals surface area (Å²) < 4.78 is 15.9. The molecule has 6 nitrogen and oxygen atoms in total. The van der Waals surface area contributed by atoms with Crippen LogP contribution >= 0.6 is 0 Å². The monoisotopic (exact) mass is 321 g/mol. The first-order valence-electron chi connectivity index (χ1n) is 7.97. The van der Waals surface area contributed by atoms with Crippen molar-refractivity contribution in [2.24, 2.45) is 0 Å². The highest BCUT2D eigenvalue weighted by atomic mass is 16.5. The Morgan fingerprint density at radius 2 is 2.04 bits per heavy atom. The maximum Gasteiger partial charge on any atom is 0.306 e. The molecule has 1 atom stereocenters. The van der Waals surface area contributed by atoms with Crippen LogP contribution < -0.4 is 10.1 Å². The van der Waals surface area contributed by atoms with Crippen molar-refractivity contribution < 1.29 is 23.8 Å². The average molecular weight is 321 g/mol. The molecule has 126 valence electrons. The largest absolute Gasteiger partial charge is 0.491 e. The lowest BCUT2D eigenvalue weighted by Crippen LogP contribution is -2.16. The molecule has 0 radical (unpaired) electrons. The molecule has 1 heterocycles. The molecule has 1 aliphatic heterocycles. The number of anilines is 1. The summed E-state index contributed by atoms with van der Waals surface area (Å²) in [5.41, 5.74) is 0.670. The molecule has 0 unspecified atom stereocenters. The molecular formula is C17H23NO5. The second kappa shape index (κ2) is 9.15. The van der Waals surface area contributed by atoms with Gasteiger partial charge in [-0.05, 0) is 44.0 Å². The highest BCUT2D eigenvalue weighted by Crippen LogP contribution is 2.18. The van der Waals surface area contributed by atoms with E-state index >= 15 is 0 Å². The van der Waals surface area contributed by atoms with Gasteiger partial charge >= 0.3 is 5.97 Å². The number of benzene rings is 1. The number of amides is 1. The lowest BCUT2D eigenvalue weighted by atomic mass is 10.2. The van der Waals surface area contributed by atoms with E-state index in [-0.39, 0.29) is 30.8 Å². The van der Waals surface area contributed by atoms with E-state index in [9.17, 15) is 9.59 Å². The number of hydrogen-bond acceptors (Lipinski definition) is 5. The zero-order valence-electron chi connectivity index (χ0n) is 13.4. The van der Waals surface area contributed by atoms with Gasteiger partial charge in [-0.15, -0.1) is 0 Å². The summed E-state index contributed by atoms with van der Waals surface area (Å²) in [7, 11) is 0. The Morgan fingerprint density at radius 3 is 2.70 bits per heavy atom. The van der Waals surface area contributed by atoms with E-state index in [4.69, 9.17) is 14.2 Å². The molecule has 1 N–H and O–H groups in total. The van der Waals surface area contributed by atoms with Gasteiger partial charge in [-0.1, -0.05) is 0 Å². The zero-order chi connectivity index (χ0) is 16.5. The van der Waals surface area contributed by atoms with Gasteiger partial charge in [0.05, 0.1) is 19.1 Å². The summed E-state index contributed by atoms with van der Waals surface area (Å²) in [6.07, 6.45) is 2.50. The van der Waals surface area contributed by atoms with Crippen LogP contribution in [0.2, 0.25) is 0 Å². The number of carbonyl (C=O) groups is 2. The summed E-state index contributed by atoms with van der Waals surface area (Å²) in [5.74, 6) is 0.164. The van der Waals surface area contributed by atoms with Crippen molar-refractivity contribution >= 4 is 17.6 Å². The first-order valence-corrected chi connectivity index (χ1v) is 7.97. The number of ether oxygens (including phenoxy) is 3. The Morgan fingerprint density at radius 1 is 1.26 bits per heavy atom. The van der Waals surface area contributed by atoms with E-state index in [2.05, 4.69) is 5.32 Å². The molecule has 1 aromatic rings. The topological polar surface area (TPSA) is 73.9 Å². The van der Waals surface area contributed by atoms with Crippen LogP contribution in [0.4, 0.5) is 5.69 Å². The summed E-state index contributed by atoms with van der Waals surface area (Å²) in [4.78, 5) is 22.9. The number of esters is 1. The van der Waals surface area contributed by atoms with Crippen molar-refractivity contribution in [2.45, 2.75) is 38.7 Å². The van der Waals surface area contributed by atoms with Crippen LogP contribution in [0.3, 0.4) is 0 Å². The van der Waals surface area contributed by atoms with E-state index in [1.165, 1.54) is 0 Å². The smallest absolute Gasteiger partial charge is 0.306 e. The van der Waals surface area contributed by atoms with Crippen LogP contribution in [0.25, 0.3) is 0 Å². The van der Waals surface area contributed by atoms with Crippen molar-refractivity contribution in [3.05, 3.63) is 24.3 Å². The minimum Gasteiger partial charge on any atom is -0.491 e. The maximum absolute atomic E-state index is 11.7. The molecule has 1 aromatic carbocycles. The van der Waals surface area contributed by atoms with Crippen molar-refractivity contribution in [1.29, 1.82) is 0 Å². The van der Waals surface area contributed by atoms with Crippen molar-refractivity contribution in [3.8, 4) is 5.75 Å². The molecular weight excluding hydrogens is 298 g/mol.